The summed E-state index contributed by atoms with van der Waals surface area (Å²) in [6, 6.07) is 14.5. The van der Waals surface area contributed by atoms with Crippen LogP contribution in [0, 0.1) is 0 Å². The van der Waals surface area contributed by atoms with E-state index in [9.17, 15) is 9.59 Å². The van der Waals surface area contributed by atoms with Crippen molar-refractivity contribution < 1.29 is 9.59 Å². The van der Waals surface area contributed by atoms with Crippen molar-refractivity contribution in [1.29, 1.82) is 0 Å². The molecule has 3 rings (SSSR count). The van der Waals surface area contributed by atoms with Gasteiger partial charge < -0.3 is 11.1 Å². The number of carbonyl (C=O) groups excluding carboxylic acids is 2. The van der Waals surface area contributed by atoms with Crippen molar-refractivity contribution in [1.82, 2.24) is 10.3 Å². The van der Waals surface area contributed by atoms with E-state index in [4.69, 9.17) is 5.73 Å². The van der Waals surface area contributed by atoms with E-state index in [0.717, 1.165) is 41.1 Å². The molecule has 0 aliphatic heterocycles. The fraction of sp³-hybridized carbons (Fsp3) is 0.375. The molecule has 3 aromatic rings. The number of fused-ring (bicyclic) bond motifs is 2. The van der Waals surface area contributed by atoms with Crippen LogP contribution in [0.2, 0.25) is 0 Å². The van der Waals surface area contributed by atoms with Crippen molar-refractivity contribution >= 4 is 33.6 Å². The second kappa shape index (κ2) is 10.0. The first kappa shape index (κ1) is 20.8. The monoisotopic (exact) mass is 391 g/mol. The molecule has 0 spiro atoms. The number of rotatable bonds is 10. The van der Waals surface area contributed by atoms with E-state index in [-0.39, 0.29) is 5.91 Å². The molecule has 1 heterocycles. The summed E-state index contributed by atoms with van der Waals surface area (Å²) >= 11 is 0. The summed E-state index contributed by atoms with van der Waals surface area (Å²) in [5.74, 6) is -0.774. The van der Waals surface area contributed by atoms with Gasteiger partial charge in [0.25, 0.3) is 5.91 Å². The average Bonchev–Trinajstić information content (AvgIpc) is 2.73. The standard InChI is InChI=1S/C24H29N3O2/c1-2-3-4-5-6-7-16-21(23(25)28)27-24(29)22-17-12-8-10-14-19(17)26-20-15-11-9-13-18(20)22/h8-15,21H,2-7,16H2,1H3,(H2,25,28)(H,27,29)/t21-/m0/s1. The van der Waals surface area contributed by atoms with Crippen molar-refractivity contribution in [2.24, 2.45) is 5.73 Å². The van der Waals surface area contributed by atoms with E-state index >= 15 is 0 Å². The number of nitrogens with zero attached hydrogens (tertiary/aromatic N) is 1. The Bertz CT molecular complexity index is 946. The molecule has 0 fully saturated rings. The predicted molar refractivity (Wildman–Crippen MR) is 118 cm³/mol. The highest BCUT2D eigenvalue weighted by Crippen LogP contribution is 2.26. The number of hydrogen-bond acceptors (Lipinski definition) is 3. The maximum Gasteiger partial charge on any atom is 0.253 e. The third-order valence-corrected chi connectivity index (χ3v) is 5.31. The Kier molecular flexibility index (Phi) is 7.17. The third-order valence-electron chi connectivity index (χ3n) is 5.31. The quantitative estimate of drug-likeness (QED) is 0.387. The number of primary amides is 1. The van der Waals surface area contributed by atoms with Gasteiger partial charge in [-0.15, -0.1) is 0 Å². The molecule has 1 aromatic heterocycles. The van der Waals surface area contributed by atoms with Crippen molar-refractivity contribution in [2.45, 2.75) is 57.9 Å². The minimum absolute atomic E-state index is 0.283. The molecule has 2 amide bonds. The Morgan fingerprint density at radius 3 is 2.03 bits per heavy atom. The van der Waals surface area contributed by atoms with Crippen molar-refractivity contribution in [3.8, 4) is 0 Å². The average molecular weight is 392 g/mol. The van der Waals surface area contributed by atoms with Crippen LogP contribution in [0.5, 0.6) is 0 Å². The topological polar surface area (TPSA) is 85.1 Å². The van der Waals surface area contributed by atoms with Gasteiger partial charge in [0.1, 0.15) is 6.04 Å². The summed E-state index contributed by atoms with van der Waals surface area (Å²) in [5.41, 5.74) is 7.63. The first-order valence-corrected chi connectivity index (χ1v) is 10.5. The second-order valence-electron chi connectivity index (χ2n) is 7.51. The number of amides is 2. The summed E-state index contributed by atoms with van der Waals surface area (Å²) < 4.78 is 0. The first-order valence-electron chi connectivity index (χ1n) is 10.5. The number of unbranched alkanes of at least 4 members (excludes halogenated alkanes) is 5. The molecule has 0 saturated carbocycles. The molecule has 0 radical (unpaired) electrons. The predicted octanol–water partition coefficient (Wildman–Crippen LogP) is 4.72. The normalized spacial score (nSPS) is 12.2. The van der Waals surface area contributed by atoms with Gasteiger partial charge in [-0.1, -0.05) is 81.8 Å². The Hall–Kier alpha value is -2.95. The highest BCUT2D eigenvalue weighted by Gasteiger charge is 2.22. The lowest BCUT2D eigenvalue weighted by molar-refractivity contribution is -0.120. The molecular weight excluding hydrogens is 362 g/mol. The minimum atomic E-state index is -0.667. The van der Waals surface area contributed by atoms with Gasteiger partial charge in [-0.3, -0.25) is 9.59 Å². The molecule has 0 bridgehead atoms. The van der Waals surface area contributed by atoms with Crippen molar-refractivity contribution in [3.05, 3.63) is 54.1 Å². The Balaban J connectivity index is 1.81. The van der Waals surface area contributed by atoms with E-state index in [0.29, 0.717) is 12.0 Å². The molecule has 0 aliphatic rings. The lowest BCUT2D eigenvalue weighted by atomic mass is 10.0. The van der Waals surface area contributed by atoms with Gasteiger partial charge in [0, 0.05) is 10.8 Å². The molecular formula is C24H29N3O2. The number of carbonyl (C=O) groups is 2. The maximum absolute atomic E-state index is 13.2. The zero-order valence-corrected chi connectivity index (χ0v) is 17.0. The zero-order chi connectivity index (χ0) is 20.6. The number of nitrogens with one attached hydrogen (secondary N) is 1. The van der Waals surface area contributed by atoms with Gasteiger partial charge in [0.05, 0.1) is 16.6 Å². The fourth-order valence-electron chi connectivity index (χ4n) is 3.73. The van der Waals surface area contributed by atoms with Crippen LogP contribution in [0.1, 0.15) is 62.2 Å². The summed E-state index contributed by atoms with van der Waals surface area (Å²) in [6.45, 7) is 2.19. The van der Waals surface area contributed by atoms with Gasteiger partial charge in [0.2, 0.25) is 5.91 Å². The molecule has 5 heteroatoms. The number of para-hydroxylation sites is 2. The number of pyridine rings is 1. The molecule has 3 N–H and O–H groups in total. The smallest absolute Gasteiger partial charge is 0.253 e. The summed E-state index contributed by atoms with van der Waals surface area (Å²) in [5, 5.41) is 4.42. The lowest BCUT2D eigenvalue weighted by Gasteiger charge is -2.17. The maximum atomic E-state index is 13.2. The molecule has 2 aromatic carbocycles. The van der Waals surface area contributed by atoms with E-state index < -0.39 is 11.9 Å². The second-order valence-corrected chi connectivity index (χ2v) is 7.51. The molecule has 0 aliphatic carbocycles. The van der Waals surface area contributed by atoms with Crippen molar-refractivity contribution in [3.63, 3.8) is 0 Å². The van der Waals surface area contributed by atoms with Crippen LogP contribution in [-0.4, -0.2) is 22.8 Å². The van der Waals surface area contributed by atoms with Crippen LogP contribution in [0.3, 0.4) is 0 Å². The molecule has 5 nitrogen and oxygen atoms in total. The van der Waals surface area contributed by atoms with Crippen LogP contribution in [-0.2, 0) is 4.79 Å². The SMILES string of the molecule is CCCCCCCC[C@H](NC(=O)c1c2ccccc2nc2ccccc12)C(N)=O. The summed E-state index contributed by atoms with van der Waals surface area (Å²) in [4.78, 5) is 29.8. The molecule has 1 atom stereocenters. The Morgan fingerprint density at radius 2 is 1.45 bits per heavy atom. The van der Waals surface area contributed by atoms with Gasteiger partial charge in [0.15, 0.2) is 0 Å². The van der Waals surface area contributed by atoms with Gasteiger partial charge in [-0.25, -0.2) is 4.98 Å². The molecule has 0 unspecified atom stereocenters. The van der Waals surface area contributed by atoms with E-state index in [1.807, 2.05) is 48.5 Å². The lowest BCUT2D eigenvalue weighted by Crippen LogP contribution is -2.44. The fourth-order valence-corrected chi connectivity index (χ4v) is 3.73. The summed E-state index contributed by atoms with van der Waals surface area (Å²) in [7, 11) is 0. The Morgan fingerprint density at radius 1 is 0.897 bits per heavy atom. The van der Waals surface area contributed by atoms with Gasteiger partial charge in [-0.05, 0) is 18.6 Å². The molecule has 152 valence electrons. The number of aromatic nitrogens is 1. The van der Waals surface area contributed by atoms with Crippen LogP contribution < -0.4 is 11.1 Å². The first-order chi connectivity index (χ1) is 14.1. The van der Waals surface area contributed by atoms with Crippen LogP contribution >= 0.6 is 0 Å². The summed E-state index contributed by atoms with van der Waals surface area (Å²) in [6.07, 6.45) is 7.27. The molecule has 0 saturated heterocycles. The Labute approximate surface area is 171 Å². The van der Waals surface area contributed by atoms with Crippen LogP contribution in [0.25, 0.3) is 21.8 Å². The van der Waals surface area contributed by atoms with E-state index in [1.165, 1.54) is 19.3 Å². The van der Waals surface area contributed by atoms with Crippen LogP contribution in [0.15, 0.2) is 48.5 Å². The largest absolute Gasteiger partial charge is 0.368 e. The highest BCUT2D eigenvalue weighted by atomic mass is 16.2. The zero-order valence-electron chi connectivity index (χ0n) is 17.0. The number of benzene rings is 2. The van der Waals surface area contributed by atoms with Gasteiger partial charge in [-0.2, -0.15) is 0 Å². The van der Waals surface area contributed by atoms with Crippen LogP contribution in [0.4, 0.5) is 0 Å². The minimum Gasteiger partial charge on any atom is -0.368 e. The van der Waals surface area contributed by atoms with E-state index in [1.54, 1.807) is 0 Å². The number of nitrogens with two attached hydrogens (primary N) is 1. The third kappa shape index (κ3) is 5.11. The highest BCUT2D eigenvalue weighted by molar-refractivity contribution is 6.16. The van der Waals surface area contributed by atoms with E-state index in [2.05, 4.69) is 17.2 Å². The van der Waals surface area contributed by atoms with Crippen molar-refractivity contribution in [2.75, 3.05) is 0 Å². The number of hydrogen-bond donors (Lipinski definition) is 2. The molecule has 29 heavy (non-hydrogen) atoms. The van der Waals surface area contributed by atoms with Gasteiger partial charge >= 0.3 is 0 Å².